The molecule has 0 bridgehead atoms. The molecule has 1 rings (SSSR count). The van der Waals surface area contributed by atoms with Crippen LogP contribution < -0.4 is 0 Å². The second kappa shape index (κ2) is 22.1. The molecule has 0 radical (unpaired) electrons. The molecule has 0 aliphatic carbocycles. The van der Waals surface area contributed by atoms with Crippen molar-refractivity contribution in [1.82, 2.24) is 0 Å². The van der Waals surface area contributed by atoms with Gasteiger partial charge in [-0.2, -0.15) is 42.1 Å². The van der Waals surface area contributed by atoms with Gasteiger partial charge in [0.1, 0.15) is 0 Å². The Morgan fingerprint density at radius 1 is 0.286 bits per heavy atom. The molecule has 0 heterocycles. The molecule has 8 heteroatoms. The van der Waals surface area contributed by atoms with Crippen molar-refractivity contribution in [2.75, 3.05) is 0 Å². The van der Waals surface area contributed by atoms with E-state index in [9.17, 15) is 0 Å². The maximum Gasteiger partial charge on any atom is 0.181 e. The van der Waals surface area contributed by atoms with E-state index in [-0.39, 0.29) is 0 Å². The molecule has 1 aromatic rings. The summed E-state index contributed by atoms with van der Waals surface area (Å²) in [5, 5.41) is 58.1. The zero-order valence-electron chi connectivity index (χ0n) is 16.6. The van der Waals surface area contributed by atoms with Crippen molar-refractivity contribution >= 4 is 0 Å². The van der Waals surface area contributed by atoms with Crippen LogP contribution in [-0.2, 0) is 0 Å². The van der Waals surface area contributed by atoms with Crippen molar-refractivity contribution in [1.29, 1.82) is 42.1 Å². The standard InChI is InChI=1S/C12H18.4C2N2/c1-7-8(2)10(4)12(6)11(5)9(7)3;4*3-1-2-4/h1-6H3;;;;. The number of hydrogen-bond acceptors (Lipinski definition) is 8. The third-order valence-corrected chi connectivity index (χ3v) is 3.57. The zero-order valence-corrected chi connectivity index (χ0v) is 16.6. The van der Waals surface area contributed by atoms with Crippen LogP contribution in [0.15, 0.2) is 0 Å². The maximum atomic E-state index is 7.26. The molecule has 0 aliphatic heterocycles. The lowest BCUT2D eigenvalue weighted by Crippen LogP contribution is -1.98. The molecule has 0 aromatic heterocycles. The van der Waals surface area contributed by atoms with Crippen LogP contribution >= 0.6 is 0 Å². The van der Waals surface area contributed by atoms with E-state index in [2.05, 4.69) is 41.5 Å². The first kappa shape index (κ1) is 31.0. The summed E-state index contributed by atoms with van der Waals surface area (Å²) >= 11 is 0. The van der Waals surface area contributed by atoms with Crippen LogP contribution in [-0.4, -0.2) is 0 Å². The molecular formula is C20H18N8. The highest BCUT2D eigenvalue weighted by molar-refractivity contribution is 5.48. The summed E-state index contributed by atoms with van der Waals surface area (Å²) < 4.78 is 0. The molecule has 8 nitrogen and oxygen atoms in total. The Hall–Kier alpha value is -4.86. The van der Waals surface area contributed by atoms with Crippen LogP contribution in [0, 0.1) is 132 Å². The van der Waals surface area contributed by atoms with Gasteiger partial charge in [-0.15, -0.1) is 0 Å². The average Bonchev–Trinajstić information content (AvgIpc) is 2.75. The predicted octanol–water partition coefficient (Wildman–Crippen LogP) is 3.67. The summed E-state index contributed by atoms with van der Waals surface area (Å²) in [5.41, 5.74) is 8.73. The van der Waals surface area contributed by atoms with E-state index >= 15 is 0 Å². The smallest absolute Gasteiger partial charge is 0.181 e. The highest BCUT2D eigenvalue weighted by Gasteiger charge is 2.07. The van der Waals surface area contributed by atoms with Gasteiger partial charge in [0, 0.05) is 0 Å². The van der Waals surface area contributed by atoms with Gasteiger partial charge < -0.3 is 0 Å². The SMILES string of the molecule is Cc1c(C)c(C)c(C)c(C)c1C.N#CC#N.N#CC#N.N#CC#N.N#CC#N. The molecule has 1 aromatic carbocycles. The summed E-state index contributed by atoms with van der Waals surface area (Å²) in [6, 6.07) is 9.89. The number of rotatable bonds is 0. The van der Waals surface area contributed by atoms with Crippen molar-refractivity contribution in [3.8, 4) is 48.6 Å². The molecule has 0 saturated heterocycles. The van der Waals surface area contributed by atoms with Crippen molar-refractivity contribution in [2.24, 2.45) is 0 Å². The van der Waals surface area contributed by atoms with Crippen LogP contribution in [0.1, 0.15) is 33.4 Å². The molecule has 0 amide bonds. The van der Waals surface area contributed by atoms with E-state index in [0.717, 1.165) is 0 Å². The normalized spacial score (nSPS) is 5.93. The van der Waals surface area contributed by atoms with Gasteiger partial charge in [0.15, 0.2) is 48.6 Å². The van der Waals surface area contributed by atoms with E-state index in [1.807, 2.05) is 0 Å². The monoisotopic (exact) mass is 370 g/mol. The highest BCUT2D eigenvalue weighted by Crippen LogP contribution is 2.24. The Labute approximate surface area is 166 Å². The first-order valence-corrected chi connectivity index (χ1v) is 7.29. The first-order valence-electron chi connectivity index (χ1n) is 7.29. The molecule has 0 atom stereocenters. The number of nitriles is 8. The number of nitrogens with zero attached hydrogens (tertiary/aromatic N) is 8. The average molecular weight is 370 g/mol. The molecule has 0 fully saturated rings. The van der Waals surface area contributed by atoms with Crippen LogP contribution in [0.5, 0.6) is 0 Å². The zero-order chi connectivity index (χ0) is 23.1. The minimum Gasteiger partial charge on any atom is -0.181 e. The fourth-order valence-corrected chi connectivity index (χ4v) is 1.69. The first-order chi connectivity index (χ1) is 13.1. The Bertz CT molecular complexity index is 714. The van der Waals surface area contributed by atoms with E-state index < -0.39 is 0 Å². The number of benzene rings is 1. The second-order valence-corrected chi connectivity index (χ2v) is 4.64. The van der Waals surface area contributed by atoms with Crippen LogP contribution in [0.4, 0.5) is 0 Å². The van der Waals surface area contributed by atoms with Crippen molar-refractivity contribution in [3.05, 3.63) is 33.4 Å². The van der Waals surface area contributed by atoms with Crippen molar-refractivity contribution < 1.29 is 0 Å². The predicted molar refractivity (Wildman–Crippen MR) is 99.8 cm³/mol. The quantitative estimate of drug-likeness (QED) is 0.660. The Kier molecular flexibility index (Phi) is 24.5. The van der Waals surface area contributed by atoms with Gasteiger partial charge in [0.2, 0.25) is 0 Å². The van der Waals surface area contributed by atoms with Gasteiger partial charge in [-0.05, 0) is 74.9 Å². The maximum absolute atomic E-state index is 7.26. The van der Waals surface area contributed by atoms with E-state index in [0.29, 0.717) is 0 Å². The lowest BCUT2D eigenvalue weighted by molar-refractivity contribution is 1.13. The molecular weight excluding hydrogens is 352 g/mol. The van der Waals surface area contributed by atoms with E-state index in [1.54, 1.807) is 0 Å². The lowest BCUT2D eigenvalue weighted by Gasteiger charge is -2.15. The van der Waals surface area contributed by atoms with Crippen molar-refractivity contribution in [2.45, 2.75) is 41.5 Å². The van der Waals surface area contributed by atoms with Crippen molar-refractivity contribution in [3.63, 3.8) is 0 Å². The Morgan fingerprint density at radius 3 is 0.393 bits per heavy atom. The molecule has 138 valence electrons. The summed E-state index contributed by atoms with van der Waals surface area (Å²) in [7, 11) is 0. The second-order valence-electron chi connectivity index (χ2n) is 4.64. The minimum atomic E-state index is 1.24. The van der Waals surface area contributed by atoms with Crippen LogP contribution in [0.25, 0.3) is 0 Å². The molecule has 0 spiro atoms. The van der Waals surface area contributed by atoms with E-state index in [1.165, 1.54) is 81.9 Å². The molecule has 0 saturated carbocycles. The lowest BCUT2D eigenvalue weighted by atomic mass is 9.90. The third kappa shape index (κ3) is 16.0. The minimum absolute atomic E-state index is 1.24. The number of hydrogen-bond donors (Lipinski definition) is 0. The third-order valence-electron chi connectivity index (χ3n) is 3.57. The Morgan fingerprint density at radius 2 is 0.357 bits per heavy atom. The fraction of sp³-hybridized carbons (Fsp3) is 0.300. The molecule has 0 unspecified atom stereocenters. The highest BCUT2D eigenvalue weighted by atomic mass is 14.3. The van der Waals surface area contributed by atoms with E-state index in [4.69, 9.17) is 42.1 Å². The summed E-state index contributed by atoms with van der Waals surface area (Å²) in [6.45, 7) is 13.3. The van der Waals surface area contributed by atoms with Crippen LogP contribution in [0.3, 0.4) is 0 Å². The summed E-state index contributed by atoms with van der Waals surface area (Å²) in [5.74, 6) is 0. The van der Waals surface area contributed by atoms with Gasteiger partial charge in [0.05, 0.1) is 0 Å². The molecule has 0 N–H and O–H groups in total. The molecule has 28 heavy (non-hydrogen) atoms. The summed E-state index contributed by atoms with van der Waals surface area (Å²) in [4.78, 5) is 0. The Balaban J connectivity index is -0.000000150. The van der Waals surface area contributed by atoms with Crippen LogP contribution in [0.2, 0.25) is 0 Å². The summed E-state index contributed by atoms with van der Waals surface area (Å²) in [6.07, 6.45) is 0. The largest absolute Gasteiger partial charge is 0.181 e. The van der Waals surface area contributed by atoms with Gasteiger partial charge in [-0.25, -0.2) is 0 Å². The van der Waals surface area contributed by atoms with Gasteiger partial charge in [0.25, 0.3) is 0 Å². The van der Waals surface area contributed by atoms with Gasteiger partial charge in [-0.3, -0.25) is 0 Å². The van der Waals surface area contributed by atoms with Gasteiger partial charge >= 0.3 is 0 Å². The topological polar surface area (TPSA) is 190 Å². The fourth-order valence-electron chi connectivity index (χ4n) is 1.69. The van der Waals surface area contributed by atoms with Gasteiger partial charge in [-0.1, -0.05) is 0 Å². The molecule has 0 aliphatic rings.